The molecule has 0 spiro atoms. The van der Waals surface area contributed by atoms with E-state index in [1.807, 2.05) is 0 Å². The second kappa shape index (κ2) is 7.27. The first-order chi connectivity index (χ1) is 9.38. The molecule has 0 aliphatic rings. The van der Waals surface area contributed by atoms with Crippen molar-refractivity contribution in [3.8, 4) is 0 Å². The zero-order chi connectivity index (χ0) is 15.2. The summed E-state index contributed by atoms with van der Waals surface area (Å²) in [7, 11) is -2.72. The third-order valence-electron chi connectivity index (χ3n) is 2.31. The predicted molar refractivity (Wildman–Crippen MR) is 68.9 cm³/mol. The molecule has 1 atom stereocenters. The van der Waals surface area contributed by atoms with Gasteiger partial charge in [-0.2, -0.15) is 4.72 Å². The van der Waals surface area contributed by atoms with Gasteiger partial charge in [0.2, 0.25) is 10.9 Å². The largest absolute Gasteiger partial charge is 0.383 e. The number of amides is 1. The molecule has 0 saturated heterocycles. The van der Waals surface area contributed by atoms with Crippen LogP contribution in [-0.2, 0) is 19.6 Å². The number of carbonyl (C=O) groups excluding carboxylic acids is 1. The summed E-state index contributed by atoms with van der Waals surface area (Å²) in [6.07, 6.45) is 1.15. The van der Waals surface area contributed by atoms with Crippen molar-refractivity contribution in [2.45, 2.75) is 18.0 Å². The molecular weight excluding hydrogens is 289 g/mol. The standard InChI is InChI=1S/C11H16FN3O4S/c1-8(10(16)13-6-7-19-2)15-20(17,18)11-9(12)4-3-5-14-11/h3-5,8,15H,6-7H2,1-2H3,(H,13,16). The van der Waals surface area contributed by atoms with Crippen LogP contribution in [0.25, 0.3) is 0 Å². The van der Waals surface area contributed by atoms with Gasteiger partial charge in [-0.25, -0.2) is 17.8 Å². The Balaban J connectivity index is 2.72. The Hall–Kier alpha value is -1.58. The maximum absolute atomic E-state index is 13.4. The van der Waals surface area contributed by atoms with Gasteiger partial charge in [-0.15, -0.1) is 0 Å². The number of pyridine rings is 1. The minimum Gasteiger partial charge on any atom is -0.383 e. The number of halogens is 1. The van der Waals surface area contributed by atoms with Crippen molar-refractivity contribution >= 4 is 15.9 Å². The van der Waals surface area contributed by atoms with Crippen LogP contribution in [0.5, 0.6) is 0 Å². The van der Waals surface area contributed by atoms with Crippen LogP contribution in [0.1, 0.15) is 6.92 Å². The van der Waals surface area contributed by atoms with Gasteiger partial charge in [0.05, 0.1) is 12.6 Å². The molecule has 0 fully saturated rings. The molecule has 1 rings (SSSR count). The zero-order valence-corrected chi connectivity index (χ0v) is 11.9. The molecule has 9 heteroatoms. The van der Waals surface area contributed by atoms with Crippen LogP contribution >= 0.6 is 0 Å². The molecule has 0 aliphatic carbocycles. The highest BCUT2D eigenvalue weighted by Gasteiger charge is 2.25. The lowest BCUT2D eigenvalue weighted by Crippen LogP contribution is -2.45. The Morgan fingerprint density at radius 2 is 2.25 bits per heavy atom. The van der Waals surface area contributed by atoms with Gasteiger partial charge in [0.15, 0.2) is 5.82 Å². The van der Waals surface area contributed by atoms with Crippen molar-refractivity contribution in [3.05, 3.63) is 24.1 Å². The quantitative estimate of drug-likeness (QED) is 0.671. The fraction of sp³-hybridized carbons (Fsp3) is 0.455. The van der Waals surface area contributed by atoms with Crippen molar-refractivity contribution < 1.29 is 22.3 Å². The van der Waals surface area contributed by atoms with E-state index in [1.54, 1.807) is 0 Å². The minimum absolute atomic E-state index is 0.249. The summed E-state index contributed by atoms with van der Waals surface area (Å²) in [5, 5.41) is 1.73. The fourth-order valence-electron chi connectivity index (χ4n) is 1.34. The van der Waals surface area contributed by atoms with Gasteiger partial charge in [0.1, 0.15) is 0 Å². The summed E-state index contributed by atoms with van der Waals surface area (Å²) in [4.78, 5) is 15.1. The lowest BCUT2D eigenvalue weighted by atomic mass is 10.3. The van der Waals surface area contributed by atoms with E-state index in [0.717, 1.165) is 12.3 Å². The Labute approximate surface area is 116 Å². The van der Waals surface area contributed by atoms with Crippen LogP contribution in [0, 0.1) is 5.82 Å². The molecule has 1 amide bonds. The van der Waals surface area contributed by atoms with E-state index in [4.69, 9.17) is 4.74 Å². The van der Waals surface area contributed by atoms with Gasteiger partial charge < -0.3 is 10.1 Å². The first-order valence-corrected chi connectivity index (χ1v) is 7.26. The maximum Gasteiger partial charge on any atom is 0.261 e. The number of aromatic nitrogens is 1. The second-order valence-corrected chi connectivity index (χ2v) is 5.55. The van der Waals surface area contributed by atoms with Crippen LogP contribution in [0.4, 0.5) is 4.39 Å². The molecule has 2 N–H and O–H groups in total. The van der Waals surface area contributed by atoms with E-state index in [0.29, 0.717) is 6.61 Å². The number of methoxy groups -OCH3 is 1. The summed E-state index contributed by atoms with van der Waals surface area (Å²) < 4.78 is 43.9. The van der Waals surface area contributed by atoms with Crippen molar-refractivity contribution in [1.29, 1.82) is 0 Å². The number of hydrogen-bond acceptors (Lipinski definition) is 5. The number of ether oxygens (including phenoxy) is 1. The van der Waals surface area contributed by atoms with Crippen LogP contribution in [0.15, 0.2) is 23.4 Å². The normalized spacial score (nSPS) is 12.9. The zero-order valence-electron chi connectivity index (χ0n) is 11.1. The highest BCUT2D eigenvalue weighted by molar-refractivity contribution is 7.89. The summed E-state index contributed by atoms with van der Waals surface area (Å²) in [5.74, 6) is -1.52. The Morgan fingerprint density at radius 3 is 2.85 bits per heavy atom. The smallest absolute Gasteiger partial charge is 0.261 e. The molecule has 1 aromatic heterocycles. The van der Waals surface area contributed by atoms with E-state index >= 15 is 0 Å². The van der Waals surface area contributed by atoms with Gasteiger partial charge in [0.25, 0.3) is 10.0 Å². The molecule has 1 unspecified atom stereocenters. The topological polar surface area (TPSA) is 97.4 Å². The number of nitrogens with one attached hydrogen (secondary N) is 2. The molecule has 0 aromatic carbocycles. The summed E-state index contributed by atoms with van der Waals surface area (Å²) in [6.45, 7) is 1.90. The first kappa shape index (κ1) is 16.5. The number of nitrogens with zero attached hydrogens (tertiary/aromatic N) is 1. The number of hydrogen-bond donors (Lipinski definition) is 2. The molecular formula is C11H16FN3O4S. The Morgan fingerprint density at radius 1 is 1.55 bits per heavy atom. The monoisotopic (exact) mass is 305 g/mol. The summed E-state index contributed by atoms with van der Waals surface area (Å²) >= 11 is 0. The molecule has 0 aliphatic heterocycles. The van der Waals surface area contributed by atoms with Gasteiger partial charge in [-0.3, -0.25) is 4.79 Å². The second-order valence-electron chi connectivity index (χ2n) is 3.92. The van der Waals surface area contributed by atoms with Crippen molar-refractivity contribution in [1.82, 2.24) is 15.0 Å². The van der Waals surface area contributed by atoms with E-state index in [2.05, 4.69) is 15.0 Å². The van der Waals surface area contributed by atoms with Crippen LogP contribution in [0.2, 0.25) is 0 Å². The Bertz CT molecular complexity index is 565. The minimum atomic E-state index is -4.19. The molecule has 20 heavy (non-hydrogen) atoms. The van der Waals surface area contributed by atoms with Gasteiger partial charge in [-0.05, 0) is 19.1 Å². The van der Waals surface area contributed by atoms with Crippen molar-refractivity contribution in [2.75, 3.05) is 20.3 Å². The maximum atomic E-state index is 13.4. The molecule has 0 radical (unpaired) electrons. The van der Waals surface area contributed by atoms with Crippen LogP contribution in [-0.4, -0.2) is 45.6 Å². The number of sulfonamides is 1. The van der Waals surface area contributed by atoms with Gasteiger partial charge in [-0.1, -0.05) is 0 Å². The van der Waals surface area contributed by atoms with Crippen molar-refractivity contribution in [3.63, 3.8) is 0 Å². The van der Waals surface area contributed by atoms with E-state index < -0.39 is 32.8 Å². The van der Waals surface area contributed by atoms with E-state index in [1.165, 1.54) is 20.1 Å². The Kier molecular flexibility index (Phi) is 5.99. The van der Waals surface area contributed by atoms with Gasteiger partial charge >= 0.3 is 0 Å². The van der Waals surface area contributed by atoms with Crippen LogP contribution in [0.3, 0.4) is 0 Å². The highest BCUT2D eigenvalue weighted by atomic mass is 32.2. The lowest BCUT2D eigenvalue weighted by Gasteiger charge is -2.14. The summed E-state index contributed by atoms with van der Waals surface area (Å²) in [6, 6.07) is 1.19. The van der Waals surface area contributed by atoms with E-state index in [9.17, 15) is 17.6 Å². The average molecular weight is 305 g/mol. The highest BCUT2D eigenvalue weighted by Crippen LogP contribution is 2.10. The molecule has 0 bridgehead atoms. The fourth-order valence-corrected chi connectivity index (χ4v) is 2.55. The van der Waals surface area contributed by atoms with E-state index in [-0.39, 0.29) is 6.54 Å². The molecule has 0 saturated carbocycles. The average Bonchev–Trinajstić information content (AvgIpc) is 2.38. The molecule has 7 nitrogen and oxygen atoms in total. The first-order valence-electron chi connectivity index (χ1n) is 5.78. The number of carbonyl (C=O) groups is 1. The predicted octanol–water partition coefficient (Wildman–Crippen LogP) is -0.350. The summed E-state index contributed by atoms with van der Waals surface area (Å²) in [5.41, 5.74) is 0. The van der Waals surface area contributed by atoms with Crippen molar-refractivity contribution in [2.24, 2.45) is 0 Å². The van der Waals surface area contributed by atoms with Crippen LogP contribution < -0.4 is 10.0 Å². The number of rotatable bonds is 7. The molecule has 1 aromatic rings. The third kappa shape index (κ3) is 4.51. The van der Waals surface area contributed by atoms with Gasteiger partial charge in [0, 0.05) is 19.9 Å². The molecule has 1 heterocycles. The third-order valence-corrected chi connectivity index (χ3v) is 3.78. The lowest BCUT2D eigenvalue weighted by molar-refractivity contribution is -0.122. The molecule has 112 valence electrons. The SMILES string of the molecule is COCCNC(=O)C(C)NS(=O)(=O)c1ncccc1F.